The smallest absolute Gasteiger partial charge is 0.347 e. The van der Waals surface area contributed by atoms with Crippen LogP contribution in [0.5, 0.6) is 0 Å². The second-order valence-corrected chi connectivity index (χ2v) is 7.97. The number of cyclic esters (lactones) is 4. The molecule has 0 aliphatic carbocycles. The Kier molecular flexibility index (Phi) is 4.28. The van der Waals surface area contributed by atoms with Crippen LogP contribution < -0.4 is 0 Å². The molecule has 34 heavy (non-hydrogen) atoms. The van der Waals surface area contributed by atoms with E-state index >= 15 is 0 Å². The molecular weight excluding hydrogens is 432 g/mol. The van der Waals surface area contributed by atoms with Crippen molar-refractivity contribution in [2.45, 2.75) is 0 Å². The van der Waals surface area contributed by atoms with Crippen molar-refractivity contribution < 1.29 is 28.7 Å². The number of ether oxygens (including phenoxy) is 2. The summed E-state index contributed by atoms with van der Waals surface area (Å²) >= 11 is 0. The number of esters is 4. The third-order valence-corrected chi connectivity index (χ3v) is 6.03. The summed E-state index contributed by atoms with van der Waals surface area (Å²) in [6, 6.07) is 26.0. The molecule has 162 valence electrons. The molecule has 0 saturated carbocycles. The highest BCUT2D eigenvalue weighted by molar-refractivity contribution is 6.22. The number of carbonyl (C=O) groups excluding carboxylic acids is 4. The van der Waals surface area contributed by atoms with Gasteiger partial charge in [-0.1, -0.05) is 54.6 Å². The molecule has 2 aliphatic heterocycles. The maximum atomic E-state index is 11.8. The van der Waals surface area contributed by atoms with E-state index in [9.17, 15) is 19.2 Å². The van der Waals surface area contributed by atoms with Gasteiger partial charge in [0.25, 0.3) is 0 Å². The van der Waals surface area contributed by atoms with Crippen molar-refractivity contribution in [3.8, 4) is 0 Å². The molecule has 5 aromatic carbocycles. The van der Waals surface area contributed by atoms with Crippen molar-refractivity contribution in [1.82, 2.24) is 0 Å². The molecule has 0 saturated heterocycles. The standard InChI is InChI=1S/C16H8O3.C12H6O3/c17-15-12-6-5-11-7-9-3-1-2-4-10(9)8-13(11)14(12)16(18)19-15;13-11-8-5-1-3-7-4-2-6-9(10(7)8)12(14)15-11/h1-8H;1-6H. The van der Waals surface area contributed by atoms with Gasteiger partial charge in [0.05, 0.1) is 22.3 Å². The third kappa shape index (κ3) is 2.97. The van der Waals surface area contributed by atoms with Crippen molar-refractivity contribution in [3.05, 3.63) is 107 Å². The van der Waals surface area contributed by atoms with Gasteiger partial charge in [0.2, 0.25) is 0 Å². The largest absolute Gasteiger partial charge is 0.386 e. The van der Waals surface area contributed by atoms with Gasteiger partial charge in [-0.2, -0.15) is 0 Å². The molecule has 6 nitrogen and oxygen atoms in total. The van der Waals surface area contributed by atoms with Crippen LogP contribution in [-0.4, -0.2) is 23.9 Å². The van der Waals surface area contributed by atoms with E-state index in [-0.39, 0.29) is 0 Å². The van der Waals surface area contributed by atoms with Gasteiger partial charge in [-0.15, -0.1) is 0 Å². The lowest BCUT2D eigenvalue weighted by Crippen LogP contribution is -2.19. The van der Waals surface area contributed by atoms with Crippen molar-refractivity contribution >= 4 is 56.2 Å². The maximum absolute atomic E-state index is 11.8. The van der Waals surface area contributed by atoms with E-state index in [0.29, 0.717) is 27.6 Å². The number of benzene rings is 5. The Morgan fingerprint density at radius 2 is 1.00 bits per heavy atom. The van der Waals surface area contributed by atoms with Gasteiger partial charge in [-0.05, 0) is 57.3 Å². The molecule has 2 aliphatic rings. The van der Waals surface area contributed by atoms with Gasteiger partial charge in [-0.25, -0.2) is 19.2 Å². The zero-order valence-corrected chi connectivity index (χ0v) is 17.5. The molecule has 0 spiro atoms. The lowest BCUT2D eigenvalue weighted by molar-refractivity contribution is 0.0385. The van der Waals surface area contributed by atoms with Crippen LogP contribution in [0.2, 0.25) is 0 Å². The molecular formula is C28H14O6. The highest BCUT2D eigenvalue weighted by atomic mass is 16.6. The molecule has 0 bridgehead atoms. The third-order valence-electron chi connectivity index (χ3n) is 6.03. The second-order valence-electron chi connectivity index (χ2n) is 7.97. The summed E-state index contributed by atoms with van der Waals surface area (Å²) < 4.78 is 9.30. The van der Waals surface area contributed by atoms with Gasteiger partial charge < -0.3 is 9.47 Å². The zero-order chi connectivity index (χ0) is 23.4. The van der Waals surface area contributed by atoms with E-state index in [4.69, 9.17) is 0 Å². The Balaban J connectivity index is 0.000000132. The lowest BCUT2D eigenvalue weighted by atomic mass is 9.97. The van der Waals surface area contributed by atoms with E-state index in [1.54, 1.807) is 30.3 Å². The van der Waals surface area contributed by atoms with Crippen molar-refractivity contribution in [1.29, 1.82) is 0 Å². The Morgan fingerprint density at radius 1 is 0.441 bits per heavy atom. The van der Waals surface area contributed by atoms with Crippen molar-refractivity contribution in [2.75, 3.05) is 0 Å². The molecule has 2 heterocycles. The minimum Gasteiger partial charge on any atom is -0.386 e. The van der Waals surface area contributed by atoms with Crippen LogP contribution >= 0.6 is 0 Å². The molecule has 0 N–H and O–H groups in total. The quantitative estimate of drug-likeness (QED) is 0.179. The van der Waals surface area contributed by atoms with Crippen molar-refractivity contribution in [3.63, 3.8) is 0 Å². The average Bonchev–Trinajstić information content (AvgIpc) is 3.15. The topological polar surface area (TPSA) is 86.7 Å². The second kappa shape index (κ2) is 7.35. The van der Waals surface area contributed by atoms with E-state index < -0.39 is 23.9 Å². The average molecular weight is 446 g/mol. The highest BCUT2D eigenvalue weighted by Gasteiger charge is 2.31. The summed E-state index contributed by atoms with van der Waals surface area (Å²) in [5.74, 6) is -2.25. The summed E-state index contributed by atoms with van der Waals surface area (Å²) in [5, 5.41) is 5.43. The summed E-state index contributed by atoms with van der Waals surface area (Å²) in [6.45, 7) is 0. The lowest BCUT2D eigenvalue weighted by Gasteiger charge is -2.14. The molecule has 0 fully saturated rings. The first-order valence-electron chi connectivity index (χ1n) is 10.5. The Morgan fingerprint density at radius 3 is 1.68 bits per heavy atom. The molecule has 5 aromatic rings. The molecule has 0 aromatic heterocycles. The first kappa shape index (κ1) is 19.8. The van der Waals surface area contributed by atoms with E-state index in [1.807, 2.05) is 54.6 Å². The van der Waals surface area contributed by atoms with Crippen LogP contribution in [0.15, 0.2) is 84.9 Å². The SMILES string of the molecule is O=C1OC(=O)c2c1ccc1cc3ccccc3cc21.O=C1OC(=O)c2cccc3cccc1c23. The van der Waals surface area contributed by atoms with Crippen LogP contribution in [0, 0.1) is 0 Å². The highest BCUT2D eigenvalue weighted by Crippen LogP contribution is 2.32. The fourth-order valence-electron chi connectivity index (χ4n) is 4.47. The van der Waals surface area contributed by atoms with Gasteiger partial charge >= 0.3 is 23.9 Å². The number of hydrogen-bond donors (Lipinski definition) is 0. The minimum absolute atomic E-state index is 0.354. The Labute approximate surface area is 192 Å². The van der Waals surface area contributed by atoms with E-state index in [1.165, 1.54) is 0 Å². The summed E-state index contributed by atoms with van der Waals surface area (Å²) in [7, 11) is 0. The maximum Gasteiger partial charge on any atom is 0.347 e. The van der Waals surface area contributed by atoms with Crippen LogP contribution in [0.4, 0.5) is 0 Å². The van der Waals surface area contributed by atoms with Gasteiger partial charge in [0, 0.05) is 5.39 Å². The Bertz CT molecular complexity index is 1680. The van der Waals surface area contributed by atoms with Crippen LogP contribution in [0.25, 0.3) is 32.3 Å². The monoisotopic (exact) mass is 446 g/mol. The number of hydrogen-bond acceptors (Lipinski definition) is 6. The van der Waals surface area contributed by atoms with E-state index in [2.05, 4.69) is 9.47 Å². The molecule has 7 rings (SSSR count). The normalized spacial score (nSPS) is 14.0. The Hall–Kier alpha value is -4.84. The fraction of sp³-hybridized carbons (Fsp3) is 0. The molecule has 0 radical (unpaired) electrons. The number of carbonyl (C=O) groups is 4. The summed E-state index contributed by atoms with van der Waals surface area (Å²) in [4.78, 5) is 46.2. The van der Waals surface area contributed by atoms with Crippen molar-refractivity contribution in [2.24, 2.45) is 0 Å². The molecule has 0 atom stereocenters. The molecule has 6 heteroatoms. The molecule has 0 unspecified atom stereocenters. The first-order chi connectivity index (χ1) is 16.5. The van der Waals surface area contributed by atoms with Crippen LogP contribution in [-0.2, 0) is 9.47 Å². The van der Waals surface area contributed by atoms with E-state index in [0.717, 1.165) is 26.9 Å². The number of rotatable bonds is 0. The van der Waals surface area contributed by atoms with Gasteiger partial charge in [-0.3, -0.25) is 0 Å². The zero-order valence-electron chi connectivity index (χ0n) is 17.5. The predicted molar refractivity (Wildman–Crippen MR) is 125 cm³/mol. The van der Waals surface area contributed by atoms with Gasteiger partial charge in [0.1, 0.15) is 0 Å². The van der Waals surface area contributed by atoms with Crippen LogP contribution in [0.1, 0.15) is 41.4 Å². The summed E-state index contributed by atoms with van der Waals surface area (Å²) in [6.07, 6.45) is 0. The fourth-order valence-corrected chi connectivity index (χ4v) is 4.47. The summed E-state index contributed by atoms with van der Waals surface area (Å²) in [5.41, 5.74) is 1.66. The minimum atomic E-state index is -0.565. The first-order valence-corrected chi connectivity index (χ1v) is 10.5. The molecule has 0 amide bonds. The predicted octanol–water partition coefficient (Wildman–Crippen LogP) is 5.45. The number of fused-ring (bicyclic) bond motifs is 4. The van der Waals surface area contributed by atoms with Gasteiger partial charge in [0.15, 0.2) is 0 Å². The van der Waals surface area contributed by atoms with Crippen LogP contribution in [0.3, 0.4) is 0 Å².